The van der Waals surface area contributed by atoms with Crippen LogP contribution in [0.25, 0.3) is 11.0 Å². The standard InChI is InChI=1S/C23H23BrF2N2O3/c1-2-31-23(30)16-6-4-3-5-15(16)22-27-20-8-7-14(29)11-21(20)28(22)12-17-18(25)9-13(24)10-19(17)26/h7-11,15-16,29H,2-6,12H2,1H3/t15-,16+/m0/s1. The molecule has 1 fully saturated rings. The van der Waals surface area contributed by atoms with Crippen LogP contribution in [0.1, 0.15) is 49.9 Å². The van der Waals surface area contributed by atoms with Gasteiger partial charge in [0.2, 0.25) is 0 Å². The second-order valence-corrected chi connectivity index (χ2v) is 8.74. The molecule has 0 spiro atoms. The number of phenolic OH excluding ortho intramolecular Hbond substituents is 1. The van der Waals surface area contributed by atoms with Gasteiger partial charge < -0.3 is 14.4 Å². The first kappa shape index (κ1) is 21.7. The van der Waals surface area contributed by atoms with Crippen molar-refractivity contribution in [3.05, 3.63) is 57.8 Å². The summed E-state index contributed by atoms with van der Waals surface area (Å²) in [6.07, 6.45) is 3.25. The maximum atomic E-state index is 14.6. The molecular weight excluding hydrogens is 470 g/mol. The third-order valence-electron chi connectivity index (χ3n) is 5.87. The highest BCUT2D eigenvalue weighted by atomic mass is 79.9. The third kappa shape index (κ3) is 4.31. The van der Waals surface area contributed by atoms with Crippen LogP contribution < -0.4 is 0 Å². The van der Waals surface area contributed by atoms with E-state index in [4.69, 9.17) is 9.72 Å². The summed E-state index contributed by atoms with van der Waals surface area (Å²) in [5, 5.41) is 10.0. The van der Waals surface area contributed by atoms with Gasteiger partial charge in [0.15, 0.2) is 0 Å². The van der Waals surface area contributed by atoms with Gasteiger partial charge in [-0.05, 0) is 44.0 Å². The largest absolute Gasteiger partial charge is 0.508 e. The molecular formula is C23H23BrF2N2O3. The number of phenols is 1. The van der Waals surface area contributed by atoms with Crippen molar-refractivity contribution in [2.45, 2.75) is 45.1 Å². The van der Waals surface area contributed by atoms with Gasteiger partial charge in [-0.3, -0.25) is 4.79 Å². The third-order valence-corrected chi connectivity index (χ3v) is 6.33. The average Bonchev–Trinajstić information content (AvgIpc) is 3.08. The minimum absolute atomic E-state index is 0.0301. The fourth-order valence-corrected chi connectivity index (χ4v) is 4.83. The number of benzene rings is 2. The Labute approximate surface area is 187 Å². The molecule has 1 saturated carbocycles. The topological polar surface area (TPSA) is 64.3 Å². The van der Waals surface area contributed by atoms with Gasteiger partial charge in [0.05, 0.1) is 30.1 Å². The minimum atomic E-state index is -0.676. The Morgan fingerprint density at radius 2 is 1.94 bits per heavy atom. The Balaban J connectivity index is 1.85. The summed E-state index contributed by atoms with van der Waals surface area (Å²) in [6.45, 7) is 1.96. The highest BCUT2D eigenvalue weighted by Gasteiger charge is 2.36. The molecule has 0 amide bonds. The van der Waals surface area contributed by atoms with E-state index in [2.05, 4.69) is 15.9 Å². The lowest BCUT2D eigenvalue weighted by Gasteiger charge is -2.30. The number of carbonyl (C=O) groups excluding carboxylic acids is 1. The molecule has 31 heavy (non-hydrogen) atoms. The van der Waals surface area contributed by atoms with Crippen LogP contribution in [-0.4, -0.2) is 27.2 Å². The second-order valence-electron chi connectivity index (χ2n) is 7.83. The summed E-state index contributed by atoms with van der Waals surface area (Å²) in [5.74, 6) is -1.60. The number of imidazole rings is 1. The normalized spacial score (nSPS) is 19.0. The van der Waals surface area contributed by atoms with E-state index in [9.17, 15) is 18.7 Å². The Morgan fingerprint density at radius 3 is 2.65 bits per heavy atom. The Morgan fingerprint density at radius 1 is 1.23 bits per heavy atom. The zero-order valence-corrected chi connectivity index (χ0v) is 18.7. The minimum Gasteiger partial charge on any atom is -0.508 e. The average molecular weight is 493 g/mol. The van der Waals surface area contributed by atoms with Crippen LogP contribution in [0.4, 0.5) is 8.78 Å². The van der Waals surface area contributed by atoms with E-state index in [0.29, 0.717) is 34.4 Å². The van der Waals surface area contributed by atoms with E-state index >= 15 is 0 Å². The highest BCUT2D eigenvalue weighted by molar-refractivity contribution is 9.10. The maximum absolute atomic E-state index is 14.6. The lowest BCUT2D eigenvalue weighted by atomic mass is 9.78. The molecule has 1 N–H and O–H groups in total. The van der Waals surface area contributed by atoms with Crippen molar-refractivity contribution < 1.29 is 23.4 Å². The van der Waals surface area contributed by atoms with Crippen LogP contribution in [-0.2, 0) is 16.1 Å². The Bertz CT molecular complexity index is 1110. The van der Waals surface area contributed by atoms with Crippen molar-refractivity contribution in [2.75, 3.05) is 6.61 Å². The van der Waals surface area contributed by atoms with Gasteiger partial charge in [0.25, 0.3) is 0 Å². The number of aromatic nitrogens is 2. The summed E-state index contributed by atoms with van der Waals surface area (Å²) >= 11 is 3.11. The molecule has 4 rings (SSSR count). The van der Waals surface area contributed by atoms with Crippen LogP contribution in [0.15, 0.2) is 34.8 Å². The molecule has 0 radical (unpaired) electrons. The molecule has 0 saturated heterocycles. The van der Waals surface area contributed by atoms with Gasteiger partial charge in [-0.1, -0.05) is 28.8 Å². The molecule has 8 heteroatoms. The number of esters is 1. The van der Waals surface area contributed by atoms with E-state index in [1.54, 1.807) is 17.6 Å². The molecule has 2 atom stereocenters. The number of fused-ring (bicyclic) bond motifs is 1. The van der Waals surface area contributed by atoms with Crippen LogP contribution in [0.3, 0.4) is 0 Å². The summed E-state index contributed by atoms with van der Waals surface area (Å²) < 4.78 is 36.6. The first-order valence-corrected chi connectivity index (χ1v) is 11.2. The fraction of sp³-hybridized carbons (Fsp3) is 0.391. The first-order valence-electron chi connectivity index (χ1n) is 10.4. The molecule has 1 aliphatic carbocycles. The van der Waals surface area contributed by atoms with E-state index in [1.165, 1.54) is 24.3 Å². The predicted octanol–water partition coefficient (Wildman–Crippen LogP) is 5.67. The van der Waals surface area contributed by atoms with Crippen molar-refractivity contribution >= 4 is 32.9 Å². The maximum Gasteiger partial charge on any atom is 0.309 e. The quantitative estimate of drug-likeness (QED) is 0.466. The van der Waals surface area contributed by atoms with Gasteiger partial charge in [-0.25, -0.2) is 13.8 Å². The molecule has 0 unspecified atom stereocenters. The summed E-state index contributed by atoms with van der Waals surface area (Å²) in [6, 6.07) is 7.16. The van der Waals surface area contributed by atoms with Crippen LogP contribution in [0.5, 0.6) is 5.75 Å². The zero-order valence-electron chi connectivity index (χ0n) is 17.1. The van der Waals surface area contributed by atoms with E-state index in [0.717, 1.165) is 19.3 Å². The number of hydrogen-bond acceptors (Lipinski definition) is 4. The highest BCUT2D eigenvalue weighted by Crippen LogP contribution is 2.40. The van der Waals surface area contributed by atoms with Crippen molar-refractivity contribution in [1.82, 2.24) is 9.55 Å². The Hall–Kier alpha value is -2.48. The molecule has 164 valence electrons. The predicted molar refractivity (Wildman–Crippen MR) is 116 cm³/mol. The van der Waals surface area contributed by atoms with Crippen molar-refractivity contribution in [3.63, 3.8) is 0 Å². The van der Waals surface area contributed by atoms with E-state index < -0.39 is 11.6 Å². The number of aromatic hydroxyl groups is 1. The van der Waals surface area contributed by atoms with E-state index in [1.807, 2.05) is 0 Å². The van der Waals surface area contributed by atoms with Crippen molar-refractivity contribution in [2.24, 2.45) is 5.92 Å². The number of rotatable bonds is 5. The number of ether oxygens (including phenoxy) is 1. The molecule has 5 nitrogen and oxygen atoms in total. The first-order chi connectivity index (χ1) is 14.9. The van der Waals surface area contributed by atoms with Gasteiger partial charge in [-0.15, -0.1) is 0 Å². The van der Waals surface area contributed by atoms with Crippen LogP contribution in [0.2, 0.25) is 0 Å². The summed E-state index contributed by atoms with van der Waals surface area (Å²) in [5.41, 5.74) is 1.05. The molecule has 0 aliphatic heterocycles. The number of halogens is 3. The fourth-order valence-electron chi connectivity index (χ4n) is 4.43. The monoisotopic (exact) mass is 492 g/mol. The van der Waals surface area contributed by atoms with Crippen LogP contribution in [0, 0.1) is 17.6 Å². The van der Waals surface area contributed by atoms with Gasteiger partial charge in [0.1, 0.15) is 23.2 Å². The lowest BCUT2D eigenvalue weighted by Crippen LogP contribution is -2.29. The molecule has 1 aliphatic rings. The molecule has 1 aromatic heterocycles. The molecule has 0 bridgehead atoms. The smallest absolute Gasteiger partial charge is 0.309 e. The molecule has 2 aromatic carbocycles. The van der Waals surface area contributed by atoms with Crippen molar-refractivity contribution in [3.8, 4) is 5.75 Å². The second kappa shape index (κ2) is 8.94. The molecule has 3 aromatic rings. The lowest BCUT2D eigenvalue weighted by molar-refractivity contribution is -0.150. The number of carbonyl (C=O) groups is 1. The van der Waals surface area contributed by atoms with Gasteiger partial charge >= 0.3 is 5.97 Å². The Kier molecular flexibility index (Phi) is 6.27. The molecule has 1 heterocycles. The van der Waals surface area contributed by atoms with Crippen LogP contribution >= 0.6 is 15.9 Å². The van der Waals surface area contributed by atoms with E-state index in [-0.39, 0.29) is 35.7 Å². The zero-order chi connectivity index (χ0) is 22.1. The SMILES string of the molecule is CCOC(=O)[C@@H]1CCCC[C@@H]1c1nc2ccc(O)cc2n1Cc1c(F)cc(Br)cc1F. The van der Waals surface area contributed by atoms with Gasteiger partial charge in [-0.2, -0.15) is 0 Å². The summed E-state index contributed by atoms with van der Waals surface area (Å²) in [4.78, 5) is 17.4. The van der Waals surface area contributed by atoms with Gasteiger partial charge in [0, 0.05) is 22.0 Å². The number of nitrogens with zero attached hydrogens (tertiary/aromatic N) is 2. The number of hydrogen-bond donors (Lipinski definition) is 1. The van der Waals surface area contributed by atoms with Crippen molar-refractivity contribution in [1.29, 1.82) is 0 Å². The summed E-state index contributed by atoms with van der Waals surface area (Å²) in [7, 11) is 0.